The molecule has 1 atom stereocenters. The Morgan fingerprint density at radius 3 is 2.47 bits per heavy atom. The fourth-order valence-corrected chi connectivity index (χ4v) is 4.08. The number of carbonyl (C=O) groups is 1. The van der Waals surface area contributed by atoms with Crippen molar-refractivity contribution in [2.24, 2.45) is 0 Å². The lowest BCUT2D eigenvalue weighted by atomic mass is 9.86. The van der Waals surface area contributed by atoms with Crippen LogP contribution >= 0.6 is 0 Å². The lowest BCUT2D eigenvalue weighted by Crippen LogP contribution is -2.12. The topological polar surface area (TPSA) is 35.5 Å². The van der Waals surface area contributed by atoms with E-state index in [1.807, 2.05) is 37.3 Å². The summed E-state index contributed by atoms with van der Waals surface area (Å²) in [6, 6.07) is 10.4. The molecule has 0 fully saturated rings. The van der Waals surface area contributed by atoms with Gasteiger partial charge in [0, 0.05) is 11.1 Å². The Kier molecular flexibility index (Phi) is 7.67. The van der Waals surface area contributed by atoms with Crippen molar-refractivity contribution < 1.29 is 18.7 Å². The van der Waals surface area contributed by atoms with Crippen LogP contribution in [0, 0.1) is 5.82 Å². The number of fused-ring (bicyclic) bond motifs is 1. The van der Waals surface area contributed by atoms with E-state index in [1.54, 1.807) is 13.2 Å². The molecular weight excluding hydrogens is 379 g/mol. The van der Waals surface area contributed by atoms with Crippen molar-refractivity contribution >= 4 is 11.4 Å². The zero-order valence-electron chi connectivity index (χ0n) is 18.2. The fraction of sp³-hybridized carbons (Fsp3) is 0.423. The van der Waals surface area contributed by atoms with Crippen LogP contribution < -0.4 is 9.47 Å². The van der Waals surface area contributed by atoms with Crippen molar-refractivity contribution in [1.82, 2.24) is 0 Å². The van der Waals surface area contributed by atoms with Gasteiger partial charge < -0.3 is 9.47 Å². The molecule has 1 unspecified atom stereocenters. The van der Waals surface area contributed by atoms with Crippen molar-refractivity contribution in [3.8, 4) is 11.5 Å². The Labute approximate surface area is 178 Å². The maximum absolute atomic E-state index is 15.1. The van der Waals surface area contributed by atoms with E-state index in [-0.39, 0.29) is 17.3 Å². The fourth-order valence-electron chi connectivity index (χ4n) is 4.08. The van der Waals surface area contributed by atoms with Crippen molar-refractivity contribution in [2.45, 2.75) is 58.3 Å². The molecule has 0 heterocycles. The van der Waals surface area contributed by atoms with Crippen LogP contribution in [0.4, 0.5) is 4.39 Å². The van der Waals surface area contributed by atoms with E-state index in [9.17, 15) is 4.79 Å². The summed E-state index contributed by atoms with van der Waals surface area (Å²) in [4.78, 5) is 13.5. The van der Waals surface area contributed by atoms with Crippen LogP contribution in [0.25, 0.3) is 5.57 Å². The Hall–Kier alpha value is -2.62. The highest BCUT2D eigenvalue weighted by Gasteiger charge is 2.31. The van der Waals surface area contributed by atoms with Gasteiger partial charge in [-0.15, -0.1) is 0 Å². The molecule has 160 valence electrons. The summed E-state index contributed by atoms with van der Waals surface area (Å²) in [5, 5.41) is 0. The molecule has 0 saturated heterocycles. The van der Waals surface area contributed by atoms with Crippen LogP contribution in [0.15, 0.2) is 42.5 Å². The number of rotatable bonds is 9. The first kappa shape index (κ1) is 22.1. The summed E-state index contributed by atoms with van der Waals surface area (Å²) in [5.74, 6) is 0.689. The van der Waals surface area contributed by atoms with Crippen LogP contribution in [0.3, 0.4) is 0 Å². The average molecular weight is 411 g/mol. The summed E-state index contributed by atoms with van der Waals surface area (Å²) in [6.07, 6.45) is 7.72. The summed E-state index contributed by atoms with van der Waals surface area (Å²) in [7, 11) is 1.61. The minimum atomic E-state index is -0.472. The number of benzene rings is 2. The van der Waals surface area contributed by atoms with Gasteiger partial charge in [0.2, 0.25) is 0 Å². The van der Waals surface area contributed by atoms with Gasteiger partial charge in [0.25, 0.3) is 0 Å². The zero-order chi connectivity index (χ0) is 21.5. The number of ether oxygens (including phenoxy) is 2. The summed E-state index contributed by atoms with van der Waals surface area (Å²) in [6.45, 7) is 4.75. The van der Waals surface area contributed by atoms with Crippen LogP contribution in [-0.4, -0.2) is 19.5 Å². The molecule has 0 N–H and O–H groups in total. The first-order valence-electron chi connectivity index (χ1n) is 10.9. The van der Waals surface area contributed by atoms with Crippen LogP contribution in [0.5, 0.6) is 11.5 Å². The molecule has 4 heteroatoms. The highest BCUT2D eigenvalue weighted by Crippen LogP contribution is 2.42. The molecule has 3 rings (SSSR count). The lowest BCUT2D eigenvalue weighted by molar-refractivity contribution is 0.105. The maximum Gasteiger partial charge on any atom is 0.196 e. The molecule has 0 spiro atoms. The van der Waals surface area contributed by atoms with Gasteiger partial charge in [-0.1, -0.05) is 51.3 Å². The monoisotopic (exact) mass is 410 g/mol. The molecule has 1 aliphatic carbocycles. The number of unbranched alkanes of at least 4 members (excludes halogenated alkanes) is 2. The first-order chi connectivity index (χ1) is 14.6. The number of hydrogen-bond donors (Lipinski definition) is 0. The van der Waals surface area contributed by atoms with Gasteiger partial charge in [-0.2, -0.15) is 0 Å². The average Bonchev–Trinajstić information content (AvgIpc) is 2.91. The van der Waals surface area contributed by atoms with Crippen LogP contribution in [-0.2, 0) is 0 Å². The normalized spacial score (nSPS) is 15.9. The second-order valence-corrected chi connectivity index (χ2v) is 7.79. The van der Waals surface area contributed by atoms with Crippen LogP contribution in [0.1, 0.15) is 79.8 Å². The molecule has 2 aromatic rings. The quantitative estimate of drug-likeness (QED) is 0.419. The molecule has 1 aliphatic rings. The number of carbonyl (C=O) groups excluding carboxylic acids is 1. The molecule has 0 aromatic heterocycles. The minimum Gasteiger partial charge on any atom is -0.497 e. The van der Waals surface area contributed by atoms with Crippen molar-refractivity contribution in [1.29, 1.82) is 0 Å². The largest absolute Gasteiger partial charge is 0.497 e. The number of methoxy groups -OCH3 is 1. The molecule has 0 bridgehead atoms. The summed E-state index contributed by atoms with van der Waals surface area (Å²) in [5.41, 5.74) is 2.23. The van der Waals surface area contributed by atoms with Crippen molar-refractivity contribution in [3.63, 3.8) is 0 Å². The Bertz CT molecular complexity index is 899. The van der Waals surface area contributed by atoms with Gasteiger partial charge in [-0.3, -0.25) is 4.79 Å². The molecule has 0 aliphatic heterocycles. The van der Waals surface area contributed by atoms with E-state index < -0.39 is 5.82 Å². The highest BCUT2D eigenvalue weighted by molar-refractivity contribution is 6.30. The van der Waals surface area contributed by atoms with Gasteiger partial charge in [-0.05, 0) is 55.0 Å². The SMILES string of the molecule is CCCCCC1CC=C(c2ccc(OC)cc2)C(=O)c2c(F)ccc(OCCC)c21. The number of halogens is 1. The molecular formula is C26H31FO3. The summed E-state index contributed by atoms with van der Waals surface area (Å²) >= 11 is 0. The molecule has 0 amide bonds. The lowest BCUT2D eigenvalue weighted by Gasteiger charge is -2.21. The van der Waals surface area contributed by atoms with E-state index in [0.717, 1.165) is 49.0 Å². The number of Topliss-reactive ketones (excluding diaryl/α,β-unsaturated/α-hetero) is 1. The van der Waals surface area contributed by atoms with Crippen LogP contribution in [0.2, 0.25) is 0 Å². The van der Waals surface area contributed by atoms with E-state index >= 15 is 4.39 Å². The number of allylic oxidation sites excluding steroid dienone is 2. The van der Waals surface area contributed by atoms with Gasteiger partial charge in [-0.25, -0.2) is 4.39 Å². The Morgan fingerprint density at radius 1 is 1.03 bits per heavy atom. The predicted octanol–water partition coefficient (Wildman–Crippen LogP) is 6.96. The van der Waals surface area contributed by atoms with Crippen molar-refractivity contribution in [2.75, 3.05) is 13.7 Å². The smallest absolute Gasteiger partial charge is 0.196 e. The predicted molar refractivity (Wildman–Crippen MR) is 119 cm³/mol. The van der Waals surface area contributed by atoms with E-state index in [2.05, 4.69) is 6.92 Å². The molecule has 0 radical (unpaired) electrons. The third-order valence-corrected chi connectivity index (χ3v) is 5.66. The Balaban J connectivity index is 2.08. The van der Waals surface area contributed by atoms with E-state index in [1.165, 1.54) is 6.07 Å². The number of ketones is 1. The van der Waals surface area contributed by atoms with Gasteiger partial charge in [0.15, 0.2) is 5.78 Å². The zero-order valence-corrected chi connectivity index (χ0v) is 18.2. The second-order valence-electron chi connectivity index (χ2n) is 7.79. The van der Waals surface area contributed by atoms with Gasteiger partial charge in [0.05, 0.1) is 19.3 Å². The standard InChI is InChI=1S/C26H31FO3/c1-4-6-7-8-19-11-14-21(18-9-12-20(29-3)13-10-18)26(28)25-22(27)15-16-23(24(19)25)30-17-5-2/h9-10,12-16,19H,4-8,11,17H2,1-3H3. The van der Waals surface area contributed by atoms with E-state index in [4.69, 9.17) is 9.47 Å². The molecule has 3 nitrogen and oxygen atoms in total. The maximum atomic E-state index is 15.1. The minimum absolute atomic E-state index is 0.0637. The first-order valence-corrected chi connectivity index (χ1v) is 10.9. The van der Waals surface area contributed by atoms with Gasteiger partial charge >= 0.3 is 0 Å². The third kappa shape index (κ3) is 4.75. The van der Waals surface area contributed by atoms with E-state index in [0.29, 0.717) is 24.4 Å². The summed E-state index contributed by atoms with van der Waals surface area (Å²) < 4.78 is 26.2. The van der Waals surface area contributed by atoms with Crippen molar-refractivity contribution in [3.05, 3.63) is 65.0 Å². The Morgan fingerprint density at radius 2 is 1.80 bits per heavy atom. The highest BCUT2D eigenvalue weighted by atomic mass is 19.1. The molecule has 2 aromatic carbocycles. The third-order valence-electron chi connectivity index (χ3n) is 5.66. The van der Waals surface area contributed by atoms with Gasteiger partial charge in [0.1, 0.15) is 17.3 Å². The number of hydrogen-bond acceptors (Lipinski definition) is 3. The second kappa shape index (κ2) is 10.4. The molecule has 30 heavy (non-hydrogen) atoms. The molecule has 0 saturated carbocycles.